The Morgan fingerprint density at radius 3 is 2.85 bits per heavy atom. The van der Waals surface area contributed by atoms with Crippen molar-refractivity contribution in [2.24, 2.45) is 0 Å². The first kappa shape index (κ1) is 17.8. The van der Waals surface area contributed by atoms with Gasteiger partial charge < -0.3 is 15.4 Å². The van der Waals surface area contributed by atoms with Crippen molar-refractivity contribution >= 4 is 29.0 Å². The highest BCUT2D eigenvalue weighted by Gasteiger charge is 2.16. The van der Waals surface area contributed by atoms with Crippen LogP contribution in [0.15, 0.2) is 48.5 Å². The van der Waals surface area contributed by atoms with Crippen LogP contribution in [0.5, 0.6) is 5.75 Å². The molecule has 0 radical (unpaired) electrons. The third-order valence-electron chi connectivity index (χ3n) is 3.51. The zero-order chi connectivity index (χ0) is 18.4. The molecule has 0 spiro atoms. The molecule has 26 heavy (non-hydrogen) atoms. The number of hydrogen-bond donors (Lipinski definition) is 3. The number of benzene rings is 2. The zero-order valence-electron chi connectivity index (χ0n) is 14.1. The van der Waals surface area contributed by atoms with Crippen LogP contribution in [0.2, 0.25) is 5.02 Å². The van der Waals surface area contributed by atoms with E-state index in [0.29, 0.717) is 29.7 Å². The fraction of sp³-hybridized carbons (Fsp3) is 0.167. The van der Waals surface area contributed by atoms with E-state index in [-0.39, 0.29) is 11.6 Å². The Labute approximate surface area is 155 Å². The molecule has 0 bridgehead atoms. The molecule has 1 amide bonds. The molecule has 3 aromatic rings. The first-order chi connectivity index (χ1) is 12.7. The molecule has 8 heteroatoms. The molecule has 0 atom stereocenters. The second-order valence-corrected chi connectivity index (χ2v) is 5.86. The molecule has 0 aliphatic rings. The SMILES string of the molecule is CCOc1cccc(CNC(=O)c2n[nH]nc2Nc2cccc(Cl)c2)c1. The van der Waals surface area contributed by atoms with E-state index in [0.717, 1.165) is 11.3 Å². The lowest BCUT2D eigenvalue weighted by Gasteiger charge is -2.08. The number of halogens is 1. The lowest BCUT2D eigenvalue weighted by molar-refractivity contribution is 0.0946. The topological polar surface area (TPSA) is 91.9 Å². The Kier molecular flexibility index (Phi) is 5.70. The number of anilines is 2. The summed E-state index contributed by atoms with van der Waals surface area (Å²) in [5.41, 5.74) is 1.81. The van der Waals surface area contributed by atoms with Crippen LogP contribution in [-0.4, -0.2) is 27.9 Å². The second-order valence-electron chi connectivity index (χ2n) is 5.42. The summed E-state index contributed by atoms with van der Waals surface area (Å²) in [4.78, 5) is 12.4. The van der Waals surface area contributed by atoms with Crippen LogP contribution in [0.3, 0.4) is 0 Å². The van der Waals surface area contributed by atoms with Crippen molar-refractivity contribution in [3.05, 3.63) is 64.8 Å². The average molecular weight is 372 g/mol. The number of nitrogens with zero attached hydrogens (tertiary/aromatic N) is 2. The van der Waals surface area contributed by atoms with Crippen LogP contribution >= 0.6 is 11.6 Å². The summed E-state index contributed by atoms with van der Waals surface area (Å²) in [5, 5.41) is 16.8. The molecule has 0 saturated carbocycles. The van der Waals surface area contributed by atoms with Gasteiger partial charge in [0.25, 0.3) is 5.91 Å². The Balaban J connectivity index is 1.65. The highest BCUT2D eigenvalue weighted by molar-refractivity contribution is 6.30. The predicted molar refractivity (Wildman–Crippen MR) is 99.9 cm³/mol. The highest BCUT2D eigenvalue weighted by atomic mass is 35.5. The van der Waals surface area contributed by atoms with Gasteiger partial charge in [0.05, 0.1) is 6.61 Å². The number of H-pyrrole nitrogens is 1. The average Bonchev–Trinajstić information content (AvgIpc) is 3.08. The molecule has 0 aliphatic heterocycles. The molecule has 3 rings (SSSR count). The van der Waals surface area contributed by atoms with Gasteiger partial charge in [-0.2, -0.15) is 5.21 Å². The quantitative estimate of drug-likeness (QED) is 0.591. The Hall–Kier alpha value is -3.06. The maximum atomic E-state index is 12.4. The summed E-state index contributed by atoms with van der Waals surface area (Å²) in [6, 6.07) is 14.7. The molecule has 134 valence electrons. The number of carbonyl (C=O) groups is 1. The third kappa shape index (κ3) is 4.52. The molecular formula is C18H18ClN5O2. The lowest BCUT2D eigenvalue weighted by atomic mass is 10.2. The van der Waals surface area contributed by atoms with Gasteiger partial charge in [0.2, 0.25) is 0 Å². The van der Waals surface area contributed by atoms with Crippen molar-refractivity contribution < 1.29 is 9.53 Å². The number of aromatic amines is 1. The number of hydrogen-bond acceptors (Lipinski definition) is 5. The summed E-state index contributed by atoms with van der Waals surface area (Å²) in [6.45, 7) is 2.87. The van der Waals surface area contributed by atoms with E-state index in [2.05, 4.69) is 26.0 Å². The minimum Gasteiger partial charge on any atom is -0.494 e. The summed E-state index contributed by atoms with van der Waals surface area (Å²) in [5.74, 6) is 0.752. The minimum absolute atomic E-state index is 0.172. The van der Waals surface area contributed by atoms with E-state index >= 15 is 0 Å². The van der Waals surface area contributed by atoms with Crippen molar-refractivity contribution in [2.75, 3.05) is 11.9 Å². The van der Waals surface area contributed by atoms with Crippen LogP contribution < -0.4 is 15.4 Å². The predicted octanol–water partition coefficient (Wildman–Crippen LogP) is 3.53. The van der Waals surface area contributed by atoms with Crippen molar-refractivity contribution in [3.8, 4) is 5.75 Å². The third-order valence-corrected chi connectivity index (χ3v) is 3.75. The van der Waals surface area contributed by atoms with Crippen LogP contribution in [-0.2, 0) is 6.54 Å². The summed E-state index contributed by atoms with van der Waals surface area (Å²) in [6.07, 6.45) is 0. The molecular weight excluding hydrogens is 354 g/mol. The molecule has 0 fully saturated rings. The van der Waals surface area contributed by atoms with Crippen molar-refractivity contribution in [3.63, 3.8) is 0 Å². The fourth-order valence-corrected chi connectivity index (χ4v) is 2.55. The van der Waals surface area contributed by atoms with Gasteiger partial charge in [-0.05, 0) is 42.8 Å². The van der Waals surface area contributed by atoms with Gasteiger partial charge >= 0.3 is 0 Å². The molecule has 0 aliphatic carbocycles. The number of carbonyl (C=O) groups excluding carboxylic acids is 1. The normalized spacial score (nSPS) is 10.4. The van der Waals surface area contributed by atoms with Crippen LogP contribution in [0.1, 0.15) is 23.0 Å². The van der Waals surface area contributed by atoms with Crippen molar-refractivity contribution in [1.29, 1.82) is 0 Å². The Morgan fingerprint density at radius 1 is 1.19 bits per heavy atom. The molecule has 7 nitrogen and oxygen atoms in total. The smallest absolute Gasteiger partial charge is 0.275 e. The van der Waals surface area contributed by atoms with Gasteiger partial charge in [0.15, 0.2) is 11.5 Å². The van der Waals surface area contributed by atoms with E-state index in [4.69, 9.17) is 16.3 Å². The largest absolute Gasteiger partial charge is 0.494 e. The van der Waals surface area contributed by atoms with Crippen LogP contribution in [0.25, 0.3) is 0 Å². The number of ether oxygens (including phenoxy) is 1. The van der Waals surface area contributed by atoms with E-state index in [1.165, 1.54) is 0 Å². The first-order valence-electron chi connectivity index (χ1n) is 8.09. The number of aromatic nitrogens is 3. The molecule has 0 saturated heterocycles. The van der Waals surface area contributed by atoms with Gasteiger partial charge in [0.1, 0.15) is 5.75 Å². The monoisotopic (exact) mass is 371 g/mol. The molecule has 1 heterocycles. The Bertz CT molecular complexity index is 897. The van der Waals surface area contributed by atoms with Crippen molar-refractivity contribution in [1.82, 2.24) is 20.7 Å². The maximum Gasteiger partial charge on any atom is 0.275 e. The van der Waals surface area contributed by atoms with Gasteiger partial charge in [-0.3, -0.25) is 4.79 Å². The Morgan fingerprint density at radius 2 is 2.04 bits per heavy atom. The zero-order valence-corrected chi connectivity index (χ0v) is 14.9. The maximum absolute atomic E-state index is 12.4. The van der Waals surface area contributed by atoms with Crippen molar-refractivity contribution in [2.45, 2.75) is 13.5 Å². The lowest BCUT2D eigenvalue weighted by Crippen LogP contribution is -2.24. The molecule has 2 aromatic carbocycles. The minimum atomic E-state index is -0.343. The first-order valence-corrected chi connectivity index (χ1v) is 8.47. The molecule has 0 unspecified atom stereocenters. The van der Waals surface area contributed by atoms with E-state index in [1.54, 1.807) is 18.2 Å². The summed E-state index contributed by atoms with van der Waals surface area (Å²) >= 11 is 5.97. The fourth-order valence-electron chi connectivity index (χ4n) is 2.36. The molecule has 1 aromatic heterocycles. The van der Waals surface area contributed by atoms with E-state index in [9.17, 15) is 4.79 Å². The van der Waals surface area contributed by atoms with E-state index in [1.807, 2.05) is 37.3 Å². The van der Waals surface area contributed by atoms with Crippen LogP contribution in [0.4, 0.5) is 11.5 Å². The molecule has 3 N–H and O–H groups in total. The summed E-state index contributed by atoms with van der Waals surface area (Å²) in [7, 11) is 0. The van der Waals surface area contributed by atoms with Gasteiger partial charge in [-0.1, -0.05) is 29.8 Å². The second kappa shape index (κ2) is 8.35. The number of rotatable bonds is 7. The van der Waals surface area contributed by atoms with E-state index < -0.39 is 0 Å². The number of nitrogens with one attached hydrogen (secondary N) is 3. The van der Waals surface area contributed by atoms with Crippen LogP contribution in [0, 0.1) is 0 Å². The summed E-state index contributed by atoms with van der Waals surface area (Å²) < 4.78 is 5.46. The van der Waals surface area contributed by atoms with Gasteiger partial charge in [-0.15, -0.1) is 10.2 Å². The standard InChI is InChI=1S/C18H18ClN5O2/c1-2-26-15-8-3-5-12(9-15)11-20-18(25)16-17(23-24-22-16)21-14-7-4-6-13(19)10-14/h3-10H,2,11H2,1H3,(H,20,25)(H2,21,22,23,24). The van der Waals surface area contributed by atoms with Gasteiger partial charge in [-0.25, -0.2) is 0 Å². The highest BCUT2D eigenvalue weighted by Crippen LogP contribution is 2.20. The van der Waals surface area contributed by atoms with Gasteiger partial charge in [0, 0.05) is 17.3 Å². The number of amides is 1.